The summed E-state index contributed by atoms with van der Waals surface area (Å²) in [5.74, 6) is -1.08. The molecular weight excluding hydrogens is 509 g/mol. The molecule has 3 aromatic rings. The summed E-state index contributed by atoms with van der Waals surface area (Å²) in [6, 6.07) is 17.9. The Hall–Kier alpha value is -2.86. The van der Waals surface area contributed by atoms with Crippen LogP contribution in [0.5, 0.6) is 0 Å². The Morgan fingerprint density at radius 2 is 1.05 bits per heavy atom. The van der Waals surface area contributed by atoms with Crippen molar-refractivity contribution in [3.63, 3.8) is 0 Å². The Morgan fingerprint density at radius 1 is 0.703 bits per heavy atom. The topological polar surface area (TPSA) is 58.5 Å². The van der Waals surface area contributed by atoms with Crippen LogP contribution >= 0.6 is 23.2 Å². The monoisotopic (exact) mass is 541 g/mol. The van der Waals surface area contributed by atoms with E-state index in [1.54, 1.807) is 64.1 Å². The zero-order valence-electron chi connectivity index (χ0n) is 22.3. The maximum atomic E-state index is 13.6. The largest absolute Gasteiger partial charge is 0.459 e. The van der Waals surface area contributed by atoms with E-state index >= 15 is 0 Å². The first-order chi connectivity index (χ1) is 17.3. The smallest absolute Gasteiger partial charge is 0.344 e. The summed E-state index contributed by atoms with van der Waals surface area (Å²) >= 11 is 12.4. The van der Waals surface area contributed by atoms with E-state index in [1.165, 1.54) is 0 Å². The number of benzene rings is 3. The predicted octanol–water partition coefficient (Wildman–Crippen LogP) is 8.86. The number of rotatable bonds is 7. The van der Waals surface area contributed by atoms with Gasteiger partial charge in [0.15, 0.2) is 11.4 Å². The highest BCUT2D eigenvalue weighted by atomic mass is 35.5. The Bertz CT molecular complexity index is 1170. The number of nitrogens with zero attached hydrogens (tertiary/aromatic N) is 1. The first-order valence-corrected chi connectivity index (χ1v) is 12.9. The molecule has 5 nitrogen and oxygen atoms in total. The van der Waals surface area contributed by atoms with E-state index in [-0.39, 0.29) is 28.7 Å². The average molecular weight is 543 g/mol. The lowest BCUT2D eigenvalue weighted by atomic mass is 9.84. The van der Waals surface area contributed by atoms with Gasteiger partial charge in [-0.3, -0.25) is 0 Å². The molecule has 1 radical (unpaired) electrons. The Morgan fingerprint density at radius 3 is 1.35 bits per heavy atom. The van der Waals surface area contributed by atoms with E-state index in [4.69, 9.17) is 32.7 Å². The Kier molecular flexibility index (Phi) is 9.06. The van der Waals surface area contributed by atoms with Gasteiger partial charge >= 0.3 is 11.9 Å². The third-order valence-corrected chi connectivity index (χ3v) is 6.00. The van der Waals surface area contributed by atoms with Crippen LogP contribution < -0.4 is 4.90 Å². The van der Waals surface area contributed by atoms with Gasteiger partial charge in [-0.1, -0.05) is 48.9 Å². The van der Waals surface area contributed by atoms with Crippen molar-refractivity contribution in [2.24, 2.45) is 0 Å². The van der Waals surface area contributed by atoms with Gasteiger partial charge < -0.3 is 9.47 Å². The highest BCUT2D eigenvalue weighted by molar-refractivity contribution is 6.31. The summed E-state index contributed by atoms with van der Waals surface area (Å²) in [6.07, 6.45) is -0.714. The van der Waals surface area contributed by atoms with E-state index in [2.05, 4.69) is 0 Å². The molecule has 0 saturated heterocycles. The zero-order chi connectivity index (χ0) is 27.5. The lowest BCUT2D eigenvalue weighted by Crippen LogP contribution is -2.25. The molecule has 0 heterocycles. The maximum absolute atomic E-state index is 13.6. The second-order valence-corrected chi connectivity index (χ2v) is 11.2. The molecule has 0 atom stereocenters. The molecule has 0 bridgehead atoms. The fourth-order valence-corrected chi connectivity index (χ4v) is 4.01. The van der Waals surface area contributed by atoms with Crippen molar-refractivity contribution in [3.05, 3.63) is 87.4 Å². The van der Waals surface area contributed by atoms with Gasteiger partial charge in [-0.05, 0) is 75.1 Å². The van der Waals surface area contributed by atoms with Gasteiger partial charge in [-0.25, -0.2) is 9.59 Å². The molecule has 0 aliphatic heterocycles. The van der Waals surface area contributed by atoms with Crippen molar-refractivity contribution in [1.29, 1.82) is 0 Å². The van der Waals surface area contributed by atoms with Crippen LogP contribution in [-0.4, -0.2) is 24.1 Å². The first-order valence-electron chi connectivity index (χ1n) is 12.2. The molecule has 0 aliphatic carbocycles. The molecular formula is C30H33Cl2NO4+. The van der Waals surface area contributed by atoms with Gasteiger partial charge in [0.1, 0.15) is 11.1 Å². The second kappa shape index (κ2) is 11.7. The molecule has 37 heavy (non-hydrogen) atoms. The molecule has 3 aromatic carbocycles. The van der Waals surface area contributed by atoms with E-state index < -0.39 is 11.9 Å². The van der Waals surface area contributed by atoms with Crippen molar-refractivity contribution in [2.75, 3.05) is 0 Å². The number of carbonyl (C=O) groups is 2. The molecule has 0 amide bonds. The van der Waals surface area contributed by atoms with Crippen molar-refractivity contribution >= 4 is 52.2 Å². The highest BCUT2D eigenvalue weighted by Crippen LogP contribution is 2.42. The minimum absolute atomic E-state index is 0.252. The lowest BCUT2D eigenvalue weighted by molar-refractivity contribution is 0.0378. The highest BCUT2D eigenvalue weighted by Gasteiger charge is 2.39. The standard InChI is InChI=1S/C30H33Cl2NO4/c1-18(2)36-28(34)25-16-20(30(5,6)7)17-26(29(35)37-19(3)4)27(25)33(23-12-8-21(31)9-13-23)24-14-10-22(32)11-15-24/h8-19H,1-7H3/q+1. The number of hydrogen-bond donors (Lipinski definition) is 0. The average Bonchev–Trinajstić information content (AvgIpc) is 2.80. The van der Waals surface area contributed by atoms with Gasteiger partial charge in [0.2, 0.25) is 5.69 Å². The first kappa shape index (κ1) is 28.7. The normalized spacial score (nSPS) is 11.8. The number of ether oxygens (including phenoxy) is 2. The van der Waals surface area contributed by atoms with Crippen LogP contribution in [-0.2, 0) is 14.9 Å². The zero-order valence-corrected chi connectivity index (χ0v) is 23.8. The van der Waals surface area contributed by atoms with Crippen molar-refractivity contribution in [1.82, 2.24) is 4.90 Å². The lowest BCUT2D eigenvalue weighted by Gasteiger charge is -2.24. The number of hydrogen-bond acceptors (Lipinski definition) is 5. The summed E-state index contributed by atoms with van der Waals surface area (Å²) < 4.78 is 11.3. The van der Waals surface area contributed by atoms with Gasteiger partial charge in [0.25, 0.3) is 0 Å². The van der Waals surface area contributed by atoms with Crippen LogP contribution in [0.2, 0.25) is 10.0 Å². The third-order valence-electron chi connectivity index (χ3n) is 5.49. The predicted molar refractivity (Wildman–Crippen MR) is 150 cm³/mol. The molecule has 0 saturated carbocycles. The van der Waals surface area contributed by atoms with Crippen LogP contribution in [0.3, 0.4) is 0 Å². The third kappa shape index (κ3) is 7.13. The summed E-state index contributed by atoms with van der Waals surface area (Å²) in [5, 5.41) is 1.11. The molecule has 0 fully saturated rings. The summed E-state index contributed by atoms with van der Waals surface area (Å²) in [4.78, 5) is 29.0. The second-order valence-electron chi connectivity index (χ2n) is 10.4. The number of halogens is 2. The molecule has 0 unspecified atom stereocenters. The van der Waals surface area contributed by atoms with Gasteiger partial charge in [-0.2, -0.15) is 0 Å². The molecule has 7 heteroatoms. The molecule has 3 rings (SSSR count). The van der Waals surface area contributed by atoms with Gasteiger partial charge in [0.05, 0.1) is 12.2 Å². The number of anilines is 3. The van der Waals surface area contributed by atoms with Crippen molar-refractivity contribution < 1.29 is 19.1 Å². The quantitative estimate of drug-likeness (QED) is 0.221. The van der Waals surface area contributed by atoms with E-state index in [9.17, 15) is 9.59 Å². The fraction of sp³-hybridized carbons (Fsp3) is 0.333. The minimum atomic E-state index is -0.539. The van der Waals surface area contributed by atoms with Crippen molar-refractivity contribution in [3.8, 4) is 0 Å². The summed E-state index contributed by atoms with van der Waals surface area (Å²) in [7, 11) is 0. The Labute approximate surface area is 229 Å². The van der Waals surface area contributed by atoms with Gasteiger partial charge in [0, 0.05) is 34.3 Å². The minimum Gasteiger partial charge on any atom is -0.459 e. The van der Waals surface area contributed by atoms with Crippen LogP contribution in [0, 0.1) is 0 Å². The fourth-order valence-electron chi connectivity index (χ4n) is 3.76. The van der Waals surface area contributed by atoms with Gasteiger partial charge in [-0.15, -0.1) is 0 Å². The van der Waals surface area contributed by atoms with E-state index in [0.717, 1.165) is 5.56 Å². The van der Waals surface area contributed by atoms with E-state index in [1.807, 2.05) is 49.9 Å². The summed E-state index contributed by atoms with van der Waals surface area (Å²) in [5.41, 5.74) is 2.68. The van der Waals surface area contributed by atoms with Crippen LogP contribution in [0.1, 0.15) is 74.7 Å². The maximum Gasteiger partial charge on any atom is 0.344 e. The van der Waals surface area contributed by atoms with Crippen LogP contribution in [0.4, 0.5) is 17.1 Å². The van der Waals surface area contributed by atoms with Crippen LogP contribution in [0.15, 0.2) is 60.7 Å². The number of esters is 2. The molecule has 195 valence electrons. The van der Waals surface area contributed by atoms with Crippen molar-refractivity contribution in [2.45, 2.75) is 66.1 Å². The summed E-state index contributed by atoms with van der Waals surface area (Å²) in [6.45, 7) is 13.2. The number of carbonyl (C=O) groups excluding carboxylic acids is 2. The molecule has 0 spiro atoms. The molecule has 0 N–H and O–H groups in total. The van der Waals surface area contributed by atoms with Crippen LogP contribution in [0.25, 0.3) is 0 Å². The molecule has 0 aliphatic rings. The van der Waals surface area contributed by atoms with E-state index in [0.29, 0.717) is 27.1 Å². The molecule has 0 aromatic heterocycles. The SMILES string of the molecule is CC(C)OC(=O)c1cc(C(C)(C)C)cc(C(=O)OC(C)C)c1[N+](c1ccc(Cl)cc1)c1ccc(Cl)cc1. The Balaban J connectivity index is 2.46.